The lowest BCUT2D eigenvalue weighted by Gasteiger charge is -2.24. The van der Waals surface area contributed by atoms with Crippen LogP contribution in [0.5, 0.6) is 0 Å². The standard InChI is InChI=1S/C33H38N4O3S/c1-22(2)28-11-13-30(14-12-28)36(41(39,40)31-15-8-23(3)9-16-31)21-33(38)35-34-20-29-19-26(6)37(27(29)7)32-17-10-24(4)18-25(32)5/h8-20,22H,21H2,1-7H3,(H,35,38)/b34-20-. The Labute approximate surface area is 243 Å². The highest BCUT2D eigenvalue weighted by molar-refractivity contribution is 7.92. The summed E-state index contributed by atoms with van der Waals surface area (Å²) in [4.78, 5) is 13.2. The average molecular weight is 571 g/mol. The topological polar surface area (TPSA) is 83.8 Å². The summed E-state index contributed by atoms with van der Waals surface area (Å²) >= 11 is 0. The fourth-order valence-electron chi connectivity index (χ4n) is 4.86. The Kier molecular flexibility index (Phi) is 8.83. The van der Waals surface area contributed by atoms with Crippen LogP contribution in [0.15, 0.2) is 82.8 Å². The first kappa shape index (κ1) is 29.8. The van der Waals surface area contributed by atoms with E-state index < -0.39 is 22.5 Å². The molecular formula is C33H38N4O3S. The van der Waals surface area contributed by atoms with Crippen LogP contribution in [-0.4, -0.2) is 31.7 Å². The van der Waals surface area contributed by atoms with Gasteiger partial charge in [0.15, 0.2) is 0 Å². The Bertz CT molecular complexity index is 1680. The maximum absolute atomic E-state index is 13.7. The number of hydrogen-bond acceptors (Lipinski definition) is 4. The van der Waals surface area contributed by atoms with Crippen molar-refractivity contribution in [3.8, 4) is 5.69 Å². The van der Waals surface area contributed by atoms with Crippen molar-refractivity contribution >= 4 is 27.8 Å². The monoisotopic (exact) mass is 570 g/mol. The van der Waals surface area contributed by atoms with E-state index in [0.717, 1.165) is 38.1 Å². The highest BCUT2D eigenvalue weighted by Crippen LogP contribution is 2.26. The average Bonchev–Trinajstić information content (AvgIpc) is 3.20. The number of nitrogens with zero attached hydrogens (tertiary/aromatic N) is 3. The third-order valence-corrected chi connectivity index (χ3v) is 8.99. The molecule has 0 bridgehead atoms. The van der Waals surface area contributed by atoms with Crippen molar-refractivity contribution in [1.29, 1.82) is 0 Å². The predicted molar refractivity (Wildman–Crippen MR) is 167 cm³/mol. The molecule has 0 aliphatic carbocycles. The number of carbonyl (C=O) groups excluding carboxylic acids is 1. The van der Waals surface area contributed by atoms with Crippen molar-refractivity contribution in [3.05, 3.63) is 112 Å². The van der Waals surface area contributed by atoms with Crippen molar-refractivity contribution in [1.82, 2.24) is 9.99 Å². The van der Waals surface area contributed by atoms with E-state index in [1.807, 2.05) is 39.0 Å². The Morgan fingerprint density at radius 2 is 1.54 bits per heavy atom. The lowest BCUT2D eigenvalue weighted by Crippen LogP contribution is -2.39. The molecule has 0 spiro atoms. The van der Waals surface area contributed by atoms with Gasteiger partial charge in [0.1, 0.15) is 6.54 Å². The number of hydrogen-bond donors (Lipinski definition) is 1. The lowest BCUT2D eigenvalue weighted by molar-refractivity contribution is -0.119. The molecule has 0 atom stereocenters. The first-order valence-electron chi connectivity index (χ1n) is 13.7. The number of carbonyl (C=O) groups is 1. The number of aromatic nitrogens is 1. The summed E-state index contributed by atoms with van der Waals surface area (Å²) in [6.07, 6.45) is 1.59. The number of sulfonamides is 1. The minimum atomic E-state index is -4.01. The van der Waals surface area contributed by atoms with Gasteiger partial charge in [0, 0.05) is 22.6 Å². The van der Waals surface area contributed by atoms with Gasteiger partial charge in [-0.2, -0.15) is 5.10 Å². The zero-order valence-corrected chi connectivity index (χ0v) is 25.6. The molecule has 1 amide bonds. The molecule has 0 saturated heterocycles. The molecule has 41 heavy (non-hydrogen) atoms. The van der Waals surface area contributed by atoms with Crippen molar-refractivity contribution in [2.45, 2.75) is 59.3 Å². The van der Waals surface area contributed by atoms with E-state index in [1.165, 1.54) is 11.1 Å². The summed E-state index contributed by atoms with van der Waals surface area (Å²) < 4.78 is 30.6. The summed E-state index contributed by atoms with van der Waals surface area (Å²) in [7, 11) is -4.01. The largest absolute Gasteiger partial charge is 0.318 e. The molecular weight excluding hydrogens is 532 g/mol. The molecule has 8 heteroatoms. The van der Waals surface area contributed by atoms with Crippen LogP contribution in [0.3, 0.4) is 0 Å². The van der Waals surface area contributed by atoms with Gasteiger partial charge in [-0.25, -0.2) is 13.8 Å². The summed E-state index contributed by atoms with van der Waals surface area (Å²) in [5.41, 5.74) is 11.3. The summed E-state index contributed by atoms with van der Waals surface area (Å²) in [6.45, 7) is 13.8. The van der Waals surface area contributed by atoms with Gasteiger partial charge in [-0.05, 0) is 88.1 Å². The minimum absolute atomic E-state index is 0.117. The molecule has 0 aliphatic rings. The van der Waals surface area contributed by atoms with Crippen LogP contribution in [0.1, 0.15) is 59.0 Å². The Morgan fingerprint density at radius 1 is 0.902 bits per heavy atom. The highest BCUT2D eigenvalue weighted by Gasteiger charge is 2.27. The van der Waals surface area contributed by atoms with E-state index in [2.05, 4.69) is 61.0 Å². The van der Waals surface area contributed by atoms with Gasteiger partial charge < -0.3 is 4.57 Å². The molecule has 214 valence electrons. The minimum Gasteiger partial charge on any atom is -0.318 e. The SMILES string of the molecule is Cc1ccc(S(=O)(=O)N(CC(=O)N/N=C\c2cc(C)n(-c3ccc(C)cc3C)c2C)c2ccc(C(C)C)cc2)cc1. The van der Waals surface area contributed by atoms with Crippen LogP contribution in [-0.2, 0) is 14.8 Å². The predicted octanol–water partition coefficient (Wildman–Crippen LogP) is 6.49. The molecule has 4 rings (SSSR count). The van der Waals surface area contributed by atoms with Crippen LogP contribution in [0, 0.1) is 34.6 Å². The number of rotatable bonds is 9. The van der Waals surface area contributed by atoms with E-state index in [4.69, 9.17) is 0 Å². The second kappa shape index (κ2) is 12.1. The second-order valence-electron chi connectivity index (χ2n) is 10.8. The number of nitrogens with one attached hydrogen (secondary N) is 1. The second-order valence-corrected chi connectivity index (χ2v) is 12.7. The lowest BCUT2D eigenvalue weighted by atomic mass is 10.0. The zero-order valence-electron chi connectivity index (χ0n) is 24.8. The van der Waals surface area contributed by atoms with Gasteiger partial charge in [-0.1, -0.05) is 61.4 Å². The van der Waals surface area contributed by atoms with Gasteiger partial charge >= 0.3 is 0 Å². The fourth-order valence-corrected chi connectivity index (χ4v) is 6.28. The van der Waals surface area contributed by atoms with Gasteiger partial charge in [0.25, 0.3) is 15.9 Å². The molecule has 0 fully saturated rings. The van der Waals surface area contributed by atoms with Crippen molar-refractivity contribution < 1.29 is 13.2 Å². The van der Waals surface area contributed by atoms with Crippen molar-refractivity contribution in [3.63, 3.8) is 0 Å². The molecule has 1 heterocycles. The normalized spacial score (nSPS) is 11.8. The molecule has 3 aromatic carbocycles. The quantitative estimate of drug-likeness (QED) is 0.184. The molecule has 0 radical (unpaired) electrons. The third kappa shape index (κ3) is 6.60. The summed E-state index contributed by atoms with van der Waals surface area (Å²) in [6, 6.07) is 22.2. The summed E-state index contributed by atoms with van der Waals surface area (Å²) in [5, 5.41) is 4.18. The van der Waals surface area contributed by atoms with Crippen molar-refractivity contribution in [2.75, 3.05) is 10.8 Å². The zero-order chi connectivity index (χ0) is 29.9. The van der Waals surface area contributed by atoms with Crippen LogP contribution in [0.4, 0.5) is 5.69 Å². The van der Waals surface area contributed by atoms with Crippen LogP contribution in [0.2, 0.25) is 0 Å². The van der Waals surface area contributed by atoms with E-state index in [9.17, 15) is 13.2 Å². The van der Waals surface area contributed by atoms with Crippen LogP contribution < -0.4 is 9.73 Å². The molecule has 7 nitrogen and oxygen atoms in total. The summed E-state index contributed by atoms with van der Waals surface area (Å²) in [5.74, 6) is -0.256. The van der Waals surface area contributed by atoms with E-state index >= 15 is 0 Å². The van der Waals surface area contributed by atoms with Crippen LogP contribution in [0.25, 0.3) is 5.69 Å². The molecule has 0 saturated carbocycles. The highest BCUT2D eigenvalue weighted by atomic mass is 32.2. The molecule has 1 aromatic heterocycles. The maximum Gasteiger partial charge on any atom is 0.264 e. The number of aryl methyl sites for hydroxylation is 4. The smallest absolute Gasteiger partial charge is 0.264 e. The van der Waals surface area contributed by atoms with Gasteiger partial charge in [0.2, 0.25) is 0 Å². The Morgan fingerprint density at radius 3 is 2.15 bits per heavy atom. The molecule has 0 aliphatic heterocycles. The number of anilines is 1. The van der Waals surface area contributed by atoms with E-state index in [0.29, 0.717) is 11.6 Å². The Balaban J connectivity index is 1.57. The maximum atomic E-state index is 13.7. The number of hydrazone groups is 1. The van der Waals surface area contributed by atoms with Gasteiger partial charge in [-0.15, -0.1) is 0 Å². The van der Waals surface area contributed by atoms with E-state index in [-0.39, 0.29) is 4.90 Å². The molecule has 4 aromatic rings. The van der Waals surface area contributed by atoms with Gasteiger partial charge in [-0.3, -0.25) is 9.10 Å². The van der Waals surface area contributed by atoms with Gasteiger partial charge in [0.05, 0.1) is 16.8 Å². The number of benzene rings is 3. The van der Waals surface area contributed by atoms with Crippen molar-refractivity contribution in [2.24, 2.45) is 5.10 Å². The third-order valence-electron chi connectivity index (χ3n) is 7.20. The molecule has 0 unspecified atom stereocenters. The molecule has 1 N–H and O–H groups in total. The first-order chi connectivity index (χ1) is 19.4. The van der Waals surface area contributed by atoms with E-state index in [1.54, 1.807) is 42.6 Å². The fraction of sp³-hybridized carbons (Fsp3) is 0.273. The number of amides is 1. The Hall–Kier alpha value is -4.17. The van der Waals surface area contributed by atoms with Crippen LogP contribution >= 0.6 is 0 Å². The first-order valence-corrected chi connectivity index (χ1v) is 15.1.